The number of benzene rings is 1. The molecular formula is C18H25N3O5. The molecule has 0 bridgehead atoms. The molecule has 8 heteroatoms. The number of nitro benzene ring substituents is 1. The number of methoxy groups -OCH3 is 1. The number of ether oxygens (including phenoxy) is 1. The summed E-state index contributed by atoms with van der Waals surface area (Å²) >= 11 is 0. The van der Waals surface area contributed by atoms with Crippen LogP contribution in [0.25, 0.3) is 10.9 Å². The molecular weight excluding hydrogens is 338 g/mol. The van der Waals surface area contributed by atoms with Crippen molar-refractivity contribution in [1.29, 1.82) is 0 Å². The molecule has 0 aliphatic rings. The van der Waals surface area contributed by atoms with Gasteiger partial charge in [-0.05, 0) is 19.4 Å². The zero-order valence-electron chi connectivity index (χ0n) is 15.8. The van der Waals surface area contributed by atoms with Crippen LogP contribution in [-0.4, -0.2) is 29.6 Å². The second-order valence-electron chi connectivity index (χ2n) is 5.81. The van der Waals surface area contributed by atoms with Crippen LogP contribution in [0.4, 0.5) is 5.69 Å². The zero-order valence-corrected chi connectivity index (χ0v) is 15.8. The summed E-state index contributed by atoms with van der Waals surface area (Å²) < 4.78 is 6.57. The number of amides is 1. The van der Waals surface area contributed by atoms with Gasteiger partial charge in [-0.3, -0.25) is 19.7 Å². The maximum Gasteiger partial charge on any atom is 0.273 e. The number of aryl methyl sites for hydroxylation is 2. The van der Waals surface area contributed by atoms with E-state index in [9.17, 15) is 19.7 Å². The predicted octanol–water partition coefficient (Wildman–Crippen LogP) is 2.69. The Labute approximate surface area is 151 Å². The van der Waals surface area contributed by atoms with Crippen molar-refractivity contribution in [3.63, 3.8) is 0 Å². The van der Waals surface area contributed by atoms with Crippen molar-refractivity contribution in [2.75, 3.05) is 14.2 Å². The molecule has 8 nitrogen and oxygen atoms in total. The molecule has 0 unspecified atom stereocenters. The van der Waals surface area contributed by atoms with Crippen molar-refractivity contribution in [1.82, 2.24) is 9.88 Å². The number of nitrogens with zero attached hydrogens (tertiary/aromatic N) is 2. The molecule has 1 N–H and O–H groups in total. The molecule has 0 saturated carbocycles. The van der Waals surface area contributed by atoms with E-state index in [1.54, 1.807) is 27.1 Å². The maximum atomic E-state index is 11.8. The number of hydrogen-bond acceptors (Lipinski definition) is 5. The molecule has 1 aromatic heterocycles. The van der Waals surface area contributed by atoms with Crippen molar-refractivity contribution in [3.05, 3.63) is 44.2 Å². The number of nitro groups is 1. The zero-order chi connectivity index (χ0) is 19.9. The smallest absolute Gasteiger partial charge is 0.273 e. The van der Waals surface area contributed by atoms with Gasteiger partial charge in [0.1, 0.15) is 5.75 Å². The first kappa shape index (κ1) is 21.1. The third kappa shape index (κ3) is 5.05. The number of aromatic nitrogens is 1. The number of carbonyl (C=O) groups is 1. The van der Waals surface area contributed by atoms with Crippen LogP contribution in [0.15, 0.2) is 23.0 Å². The van der Waals surface area contributed by atoms with Crippen LogP contribution in [0, 0.1) is 17.0 Å². The van der Waals surface area contributed by atoms with E-state index in [1.807, 2.05) is 0 Å². The lowest BCUT2D eigenvalue weighted by atomic mass is 10.1. The number of nitrogens with one attached hydrogen (secondary N) is 1. The number of non-ortho nitro benzene ring substituents is 1. The van der Waals surface area contributed by atoms with Gasteiger partial charge in [0.05, 0.1) is 23.6 Å². The fourth-order valence-electron chi connectivity index (χ4n) is 2.47. The van der Waals surface area contributed by atoms with Crippen LogP contribution in [-0.2, 0) is 11.8 Å². The number of rotatable bonds is 5. The highest BCUT2D eigenvalue weighted by atomic mass is 16.6. The van der Waals surface area contributed by atoms with Crippen LogP contribution in [0.5, 0.6) is 5.75 Å². The topological polar surface area (TPSA) is 103 Å². The molecule has 0 atom stereocenters. The molecule has 26 heavy (non-hydrogen) atoms. The fraction of sp³-hybridized carbons (Fsp3) is 0.444. The molecule has 0 radical (unpaired) electrons. The SMILES string of the molecule is CCCCC(=O)NC.COc1cc([N+](=O)[O-])cc2cc(C)c(=O)n(C)c12. The monoisotopic (exact) mass is 363 g/mol. The standard InChI is InChI=1S/C12H12N2O4.C6H13NO/c1-7-4-8-5-9(14(16)17)6-10(18-3)11(8)13(2)12(7)15;1-3-4-5-6(8)7-2/h4-6H,1-3H3;3-5H2,1-2H3,(H,7,8). The van der Waals surface area contributed by atoms with Gasteiger partial charge in [0.25, 0.3) is 11.2 Å². The summed E-state index contributed by atoms with van der Waals surface area (Å²) in [5.41, 5.74) is 0.887. The van der Waals surface area contributed by atoms with Crippen molar-refractivity contribution in [2.24, 2.45) is 7.05 Å². The van der Waals surface area contributed by atoms with E-state index >= 15 is 0 Å². The van der Waals surface area contributed by atoms with E-state index in [4.69, 9.17) is 4.74 Å². The van der Waals surface area contributed by atoms with E-state index in [2.05, 4.69) is 12.2 Å². The van der Waals surface area contributed by atoms with Gasteiger partial charge in [-0.1, -0.05) is 13.3 Å². The molecule has 142 valence electrons. The van der Waals surface area contributed by atoms with Crippen LogP contribution >= 0.6 is 0 Å². The largest absolute Gasteiger partial charge is 0.494 e. The first-order valence-electron chi connectivity index (χ1n) is 8.30. The highest BCUT2D eigenvalue weighted by Gasteiger charge is 2.15. The molecule has 2 rings (SSSR count). The summed E-state index contributed by atoms with van der Waals surface area (Å²) in [7, 11) is 4.70. The van der Waals surface area contributed by atoms with Crippen LogP contribution < -0.4 is 15.6 Å². The summed E-state index contributed by atoms with van der Waals surface area (Å²) in [5.74, 6) is 0.464. The highest BCUT2D eigenvalue weighted by molar-refractivity contribution is 5.88. The molecule has 1 amide bonds. The van der Waals surface area contributed by atoms with Gasteiger partial charge in [0.15, 0.2) is 0 Å². The Morgan fingerprint density at radius 1 is 1.35 bits per heavy atom. The van der Waals surface area contributed by atoms with E-state index in [0.29, 0.717) is 28.6 Å². The number of carbonyl (C=O) groups excluding carboxylic acids is 1. The van der Waals surface area contributed by atoms with Gasteiger partial charge >= 0.3 is 0 Å². The van der Waals surface area contributed by atoms with Gasteiger partial charge in [-0.15, -0.1) is 0 Å². The summed E-state index contributed by atoms with van der Waals surface area (Å²) in [6.07, 6.45) is 2.76. The molecule has 0 aliphatic carbocycles. The van der Waals surface area contributed by atoms with E-state index in [-0.39, 0.29) is 17.2 Å². The summed E-state index contributed by atoms with van der Waals surface area (Å²) in [6, 6.07) is 4.38. The van der Waals surface area contributed by atoms with Gasteiger partial charge in [0.2, 0.25) is 5.91 Å². The molecule has 0 aliphatic heterocycles. The van der Waals surface area contributed by atoms with E-state index < -0.39 is 4.92 Å². The molecule has 1 aromatic carbocycles. The van der Waals surface area contributed by atoms with E-state index in [1.165, 1.54) is 23.8 Å². The average molecular weight is 363 g/mol. The Morgan fingerprint density at radius 2 is 2.00 bits per heavy atom. The number of fused-ring (bicyclic) bond motifs is 1. The Bertz CT molecular complexity index is 858. The minimum Gasteiger partial charge on any atom is -0.494 e. The lowest BCUT2D eigenvalue weighted by Gasteiger charge is -2.10. The second-order valence-corrected chi connectivity index (χ2v) is 5.81. The third-order valence-electron chi connectivity index (χ3n) is 3.91. The molecule has 2 aromatic rings. The van der Waals surface area contributed by atoms with Crippen molar-refractivity contribution in [2.45, 2.75) is 33.1 Å². The quantitative estimate of drug-likeness (QED) is 0.650. The average Bonchev–Trinajstić information content (AvgIpc) is 2.63. The minimum atomic E-state index is -0.484. The molecule has 1 heterocycles. The van der Waals surface area contributed by atoms with Crippen molar-refractivity contribution >= 4 is 22.5 Å². The van der Waals surface area contributed by atoms with Crippen LogP contribution in [0.3, 0.4) is 0 Å². The lowest BCUT2D eigenvalue weighted by molar-refractivity contribution is -0.384. The predicted molar refractivity (Wildman–Crippen MR) is 101 cm³/mol. The van der Waals surface area contributed by atoms with Crippen molar-refractivity contribution < 1.29 is 14.5 Å². The van der Waals surface area contributed by atoms with Gasteiger partial charge < -0.3 is 14.6 Å². The Hall–Kier alpha value is -2.90. The summed E-state index contributed by atoms with van der Waals surface area (Å²) in [4.78, 5) is 32.6. The summed E-state index contributed by atoms with van der Waals surface area (Å²) in [5, 5.41) is 14.0. The van der Waals surface area contributed by atoms with Gasteiger partial charge in [-0.25, -0.2) is 0 Å². The molecule has 0 saturated heterocycles. The normalized spacial score (nSPS) is 10.0. The second kappa shape index (κ2) is 9.55. The number of hydrogen-bond donors (Lipinski definition) is 1. The highest BCUT2D eigenvalue weighted by Crippen LogP contribution is 2.30. The number of pyridine rings is 1. The minimum absolute atomic E-state index is 0.0580. The Balaban J connectivity index is 0.000000359. The van der Waals surface area contributed by atoms with Crippen LogP contribution in [0.1, 0.15) is 31.7 Å². The lowest BCUT2D eigenvalue weighted by Crippen LogP contribution is -2.19. The molecule has 0 spiro atoms. The fourth-order valence-corrected chi connectivity index (χ4v) is 2.47. The van der Waals surface area contributed by atoms with Gasteiger partial charge in [-0.2, -0.15) is 0 Å². The first-order chi connectivity index (χ1) is 12.3. The van der Waals surface area contributed by atoms with Crippen LogP contribution in [0.2, 0.25) is 0 Å². The molecule has 0 fully saturated rings. The Morgan fingerprint density at radius 3 is 2.50 bits per heavy atom. The Kier molecular flexibility index (Phi) is 7.77. The summed E-state index contributed by atoms with van der Waals surface area (Å²) in [6.45, 7) is 3.75. The first-order valence-corrected chi connectivity index (χ1v) is 8.30. The van der Waals surface area contributed by atoms with Crippen molar-refractivity contribution in [3.8, 4) is 5.75 Å². The van der Waals surface area contributed by atoms with E-state index in [0.717, 1.165) is 12.8 Å². The third-order valence-corrected chi connectivity index (χ3v) is 3.91. The maximum absolute atomic E-state index is 11.8. The van der Waals surface area contributed by atoms with Gasteiger partial charge in [0, 0.05) is 37.5 Å². The number of unbranched alkanes of at least 4 members (excludes halogenated alkanes) is 1.